The third-order valence-electron chi connectivity index (χ3n) is 2.50. The molecule has 4 nitrogen and oxygen atoms in total. The summed E-state index contributed by atoms with van der Waals surface area (Å²) in [6.45, 7) is 6.41. The molecule has 2 rings (SSSR count). The Morgan fingerprint density at radius 1 is 1.50 bits per heavy atom. The van der Waals surface area contributed by atoms with Crippen molar-refractivity contribution in [1.82, 2.24) is 9.97 Å². The molecule has 18 heavy (non-hydrogen) atoms. The highest BCUT2D eigenvalue weighted by Crippen LogP contribution is 2.30. The minimum Gasteiger partial charge on any atom is -0.477 e. The van der Waals surface area contributed by atoms with Crippen LogP contribution in [0.3, 0.4) is 0 Å². The second-order valence-electron chi connectivity index (χ2n) is 3.96. The standard InChI is InChI=1S/C13H17N3OS/c1-4-5-6-7-17-11-10-8-9(2)18-12(10)16-13(14-3)15-11/h4,8H,1,5-7H2,2-3H3,(H,14,15,16). The fraction of sp³-hybridized carbons (Fsp3) is 0.385. The fourth-order valence-corrected chi connectivity index (χ4v) is 2.50. The van der Waals surface area contributed by atoms with Crippen molar-refractivity contribution in [3.63, 3.8) is 0 Å². The Labute approximate surface area is 111 Å². The second kappa shape index (κ2) is 5.82. The molecule has 0 aromatic carbocycles. The van der Waals surface area contributed by atoms with E-state index in [4.69, 9.17) is 4.74 Å². The van der Waals surface area contributed by atoms with Crippen LogP contribution in [0.1, 0.15) is 17.7 Å². The molecule has 0 aliphatic carbocycles. The van der Waals surface area contributed by atoms with Crippen LogP contribution in [0.4, 0.5) is 5.95 Å². The largest absolute Gasteiger partial charge is 0.477 e. The van der Waals surface area contributed by atoms with Gasteiger partial charge in [0.15, 0.2) is 0 Å². The van der Waals surface area contributed by atoms with Crippen molar-refractivity contribution < 1.29 is 4.74 Å². The zero-order valence-corrected chi connectivity index (χ0v) is 11.5. The average Bonchev–Trinajstić information content (AvgIpc) is 2.74. The van der Waals surface area contributed by atoms with Crippen LogP contribution >= 0.6 is 11.3 Å². The van der Waals surface area contributed by atoms with Gasteiger partial charge in [-0.3, -0.25) is 0 Å². The molecule has 2 heterocycles. The van der Waals surface area contributed by atoms with E-state index in [0.717, 1.165) is 23.1 Å². The van der Waals surface area contributed by atoms with Crippen molar-refractivity contribution in [2.24, 2.45) is 0 Å². The van der Waals surface area contributed by atoms with Gasteiger partial charge in [-0.2, -0.15) is 4.98 Å². The molecule has 0 saturated heterocycles. The first-order valence-corrected chi connectivity index (χ1v) is 6.76. The molecule has 0 fully saturated rings. The number of rotatable bonds is 6. The van der Waals surface area contributed by atoms with Crippen molar-refractivity contribution in [3.05, 3.63) is 23.6 Å². The predicted octanol–water partition coefficient (Wildman–Crippen LogP) is 3.39. The maximum Gasteiger partial charge on any atom is 0.227 e. The van der Waals surface area contributed by atoms with E-state index in [0.29, 0.717) is 18.4 Å². The average molecular weight is 263 g/mol. The van der Waals surface area contributed by atoms with Gasteiger partial charge in [-0.15, -0.1) is 17.9 Å². The van der Waals surface area contributed by atoms with E-state index in [2.05, 4.69) is 34.9 Å². The molecule has 2 aromatic heterocycles. The van der Waals surface area contributed by atoms with E-state index >= 15 is 0 Å². The fourth-order valence-electron chi connectivity index (χ4n) is 1.63. The lowest BCUT2D eigenvalue weighted by atomic mass is 10.3. The molecule has 0 unspecified atom stereocenters. The SMILES string of the molecule is C=CCCCOc1nc(NC)nc2sc(C)cc12. The highest BCUT2D eigenvalue weighted by molar-refractivity contribution is 7.18. The molecule has 0 radical (unpaired) electrons. The number of nitrogens with zero attached hydrogens (tertiary/aromatic N) is 2. The van der Waals surface area contributed by atoms with Gasteiger partial charge >= 0.3 is 0 Å². The van der Waals surface area contributed by atoms with Gasteiger partial charge in [-0.05, 0) is 25.8 Å². The second-order valence-corrected chi connectivity index (χ2v) is 5.19. The van der Waals surface area contributed by atoms with Crippen LogP contribution in [0.15, 0.2) is 18.7 Å². The first kappa shape index (κ1) is 12.8. The number of hydrogen-bond donors (Lipinski definition) is 1. The Bertz CT molecular complexity index is 550. The zero-order chi connectivity index (χ0) is 13.0. The summed E-state index contributed by atoms with van der Waals surface area (Å²) in [6.07, 6.45) is 3.80. The number of fused-ring (bicyclic) bond motifs is 1. The molecule has 1 N–H and O–H groups in total. The summed E-state index contributed by atoms with van der Waals surface area (Å²) in [7, 11) is 1.81. The van der Waals surface area contributed by atoms with E-state index < -0.39 is 0 Å². The molecule has 0 aliphatic rings. The summed E-state index contributed by atoms with van der Waals surface area (Å²) >= 11 is 1.65. The highest BCUT2D eigenvalue weighted by Gasteiger charge is 2.10. The third-order valence-corrected chi connectivity index (χ3v) is 3.44. The number of aryl methyl sites for hydroxylation is 1. The number of nitrogens with one attached hydrogen (secondary N) is 1. The van der Waals surface area contributed by atoms with Crippen LogP contribution in [-0.4, -0.2) is 23.6 Å². The number of hydrogen-bond acceptors (Lipinski definition) is 5. The molecule has 96 valence electrons. The summed E-state index contributed by atoms with van der Waals surface area (Å²) in [4.78, 5) is 11.0. The molecule has 0 spiro atoms. The number of unbranched alkanes of at least 4 members (excludes halogenated alkanes) is 1. The lowest BCUT2D eigenvalue weighted by Crippen LogP contribution is -2.02. The quantitative estimate of drug-likeness (QED) is 0.641. The van der Waals surface area contributed by atoms with Gasteiger partial charge in [-0.25, -0.2) is 4.98 Å². The third kappa shape index (κ3) is 2.79. The molecular weight excluding hydrogens is 246 g/mol. The van der Waals surface area contributed by atoms with Crippen molar-refractivity contribution in [3.8, 4) is 5.88 Å². The lowest BCUT2D eigenvalue weighted by molar-refractivity contribution is 0.304. The first-order chi connectivity index (χ1) is 8.74. The van der Waals surface area contributed by atoms with Crippen LogP contribution in [0, 0.1) is 6.92 Å². The highest BCUT2D eigenvalue weighted by atomic mass is 32.1. The lowest BCUT2D eigenvalue weighted by Gasteiger charge is -2.07. The Kier molecular flexibility index (Phi) is 4.15. The topological polar surface area (TPSA) is 47.0 Å². The van der Waals surface area contributed by atoms with Gasteiger partial charge in [0.05, 0.1) is 12.0 Å². The van der Waals surface area contributed by atoms with Crippen LogP contribution in [0.5, 0.6) is 5.88 Å². The minimum absolute atomic E-state index is 0.600. The number of thiophene rings is 1. The van der Waals surface area contributed by atoms with Gasteiger partial charge in [0, 0.05) is 11.9 Å². The molecule has 5 heteroatoms. The van der Waals surface area contributed by atoms with E-state index in [1.807, 2.05) is 13.1 Å². The van der Waals surface area contributed by atoms with Crippen LogP contribution in [0.25, 0.3) is 10.2 Å². The summed E-state index contributed by atoms with van der Waals surface area (Å²) in [6, 6.07) is 2.07. The molecule has 0 atom stereocenters. The Hall–Kier alpha value is -1.62. The van der Waals surface area contributed by atoms with Crippen molar-refractivity contribution in [2.75, 3.05) is 19.0 Å². The first-order valence-electron chi connectivity index (χ1n) is 5.94. The zero-order valence-electron chi connectivity index (χ0n) is 10.7. The van der Waals surface area contributed by atoms with Gasteiger partial charge in [0.25, 0.3) is 0 Å². The van der Waals surface area contributed by atoms with E-state index in [-0.39, 0.29) is 0 Å². The smallest absolute Gasteiger partial charge is 0.227 e. The Morgan fingerprint density at radius 3 is 3.06 bits per heavy atom. The minimum atomic E-state index is 0.600. The summed E-state index contributed by atoms with van der Waals surface area (Å²) in [5, 5.41) is 3.95. The maximum absolute atomic E-state index is 5.74. The summed E-state index contributed by atoms with van der Waals surface area (Å²) < 4.78 is 5.74. The van der Waals surface area contributed by atoms with Crippen molar-refractivity contribution >= 4 is 27.5 Å². The molecule has 2 aromatic rings. The summed E-state index contributed by atoms with van der Waals surface area (Å²) in [5.74, 6) is 1.26. The van der Waals surface area contributed by atoms with Crippen LogP contribution in [-0.2, 0) is 0 Å². The number of aromatic nitrogens is 2. The van der Waals surface area contributed by atoms with Crippen LogP contribution in [0.2, 0.25) is 0 Å². The summed E-state index contributed by atoms with van der Waals surface area (Å²) in [5.41, 5.74) is 0. The molecule has 0 saturated carbocycles. The van der Waals surface area contributed by atoms with Crippen molar-refractivity contribution in [2.45, 2.75) is 19.8 Å². The van der Waals surface area contributed by atoms with Gasteiger partial charge in [-0.1, -0.05) is 6.08 Å². The van der Waals surface area contributed by atoms with E-state index in [1.54, 1.807) is 11.3 Å². The van der Waals surface area contributed by atoms with Crippen molar-refractivity contribution in [1.29, 1.82) is 0 Å². The normalized spacial score (nSPS) is 10.6. The maximum atomic E-state index is 5.74. The van der Waals surface area contributed by atoms with E-state index in [9.17, 15) is 0 Å². The van der Waals surface area contributed by atoms with Gasteiger partial charge < -0.3 is 10.1 Å². The molecule has 0 aliphatic heterocycles. The number of ether oxygens (including phenoxy) is 1. The van der Waals surface area contributed by atoms with Gasteiger partial charge in [0.1, 0.15) is 4.83 Å². The Balaban J connectivity index is 2.25. The molecular formula is C13H17N3OS. The predicted molar refractivity (Wildman–Crippen MR) is 76.6 cm³/mol. The monoisotopic (exact) mass is 263 g/mol. The Morgan fingerprint density at radius 2 is 2.33 bits per heavy atom. The number of allylic oxidation sites excluding steroid dienone is 1. The molecule has 0 amide bonds. The van der Waals surface area contributed by atoms with Crippen LogP contribution < -0.4 is 10.1 Å². The van der Waals surface area contributed by atoms with Gasteiger partial charge in [0.2, 0.25) is 11.8 Å². The van der Waals surface area contributed by atoms with E-state index in [1.165, 1.54) is 4.88 Å². The molecule has 0 bridgehead atoms. The number of anilines is 1.